The van der Waals surface area contributed by atoms with Crippen LogP contribution >= 0.6 is 0 Å². The Kier molecular flexibility index (Phi) is 9.68. The molecule has 43 heavy (non-hydrogen) atoms. The summed E-state index contributed by atoms with van der Waals surface area (Å²) in [5, 5.41) is 9.30. The Morgan fingerprint density at radius 3 is 1.79 bits per heavy atom. The summed E-state index contributed by atoms with van der Waals surface area (Å²) in [5.74, 6) is 0.826. The topological polar surface area (TPSA) is 79.9 Å². The molecule has 0 unspecified atom stereocenters. The number of pyridine rings is 2. The molecule has 2 aromatic carbocycles. The van der Waals surface area contributed by atoms with E-state index in [0.29, 0.717) is 19.5 Å². The fourth-order valence-electron chi connectivity index (χ4n) is 4.52. The molecule has 0 aliphatic rings. The third-order valence-electron chi connectivity index (χ3n) is 6.84. The van der Waals surface area contributed by atoms with Crippen LogP contribution in [-0.2, 0) is 0 Å². The average Bonchev–Trinajstić information content (AvgIpc) is 3.68. The first-order chi connectivity index (χ1) is 21.1. The lowest BCUT2D eigenvalue weighted by Gasteiger charge is -2.04. The second-order valence-corrected chi connectivity index (χ2v) is 9.75. The molecule has 0 aliphatic carbocycles. The number of nitrogens with zero attached hydrogens (tertiary/aromatic N) is 4. The van der Waals surface area contributed by atoms with Crippen LogP contribution in [0, 0.1) is 0 Å². The summed E-state index contributed by atoms with van der Waals surface area (Å²) in [7, 11) is 3.54. The second kappa shape index (κ2) is 14.2. The molecule has 0 radical (unpaired) electrons. The van der Waals surface area contributed by atoms with Crippen molar-refractivity contribution in [3.8, 4) is 28.3 Å². The Labute approximate surface area is 249 Å². The Morgan fingerprint density at radius 1 is 0.674 bits per heavy atom. The lowest BCUT2D eigenvalue weighted by atomic mass is 10.1. The molecule has 0 atom stereocenters. The molecule has 6 rings (SSSR count). The molecule has 222 valence electrons. The summed E-state index contributed by atoms with van der Waals surface area (Å²) in [6.07, 6.45) is 8.43. The molecule has 0 fully saturated rings. The summed E-state index contributed by atoms with van der Waals surface area (Å²) in [4.78, 5) is 9.26. The number of ether oxygens (including phenoxy) is 1. The maximum atomic E-state index is 12.1. The van der Waals surface area contributed by atoms with Gasteiger partial charge in [-0.25, -0.2) is 14.4 Å². The Balaban J connectivity index is 0.000000171. The molecule has 0 spiro atoms. The largest absolute Gasteiger partial charge is 0.497 e. The van der Waals surface area contributed by atoms with Crippen molar-refractivity contribution in [2.75, 3.05) is 56.5 Å². The van der Waals surface area contributed by atoms with E-state index in [4.69, 9.17) is 4.74 Å². The van der Waals surface area contributed by atoms with Gasteiger partial charge in [0.15, 0.2) is 0 Å². The highest BCUT2D eigenvalue weighted by molar-refractivity contribution is 5.67. The first-order valence-corrected chi connectivity index (χ1v) is 14.1. The number of nitrogens with one attached hydrogen (secondary N) is 3. The van der Waals surface area contributed by atoms with Crippen LogP contribution < -0.4 is 20.7 Å². The number of anilines is 3. The lowest BCUT2D eigenvalue weighted by Crippen LogP contribution is -2.02. The quantitative estimate of drug-likeness (QED) is 0.140. The van der Waals surface area contributed by atoms with E-state index in [2.05, 4.69) is 25.9 Å². The van der Waals surface area contributed by atoms with Crippen molar-refractivity contribution in [2.45, 2.75) is 6.42 Å². The number of rotatable bonds is 11. The van der Waals surface area contributed by atoms with Crippen LogP contribution in [0.15, 0.2) is 97.6 Å². The molecule has 3 N–H and O–H groups in total. The van der Waals surface area contributed by atoms with E-state index in [9.17, 15) is 8.78 Å². The summed E-state index contributed by atoms with van der Waals surface area (Å²) in [6, 6.07) is 23.6. The third-order valence-corrected chi connectivity index (χ3v) is 6.84. The van der Waals surface area contributed by atoms with Gasteiger partial charge < -0.3 is 29.5 Å². The SMILES string of the molecule is CNc1ccn2cc(-c3ccc(NCCF)cc3)nc2c1.COc1ccc(-c2cn3ccc(NCCCF)cc3n2)cc1. The molecule has 4 heterocycles. The van der Waals surface area contributed by atoms with Crippen molar-refractivity contribution in [1.29, 1.82) is 0 Å². The normalized spacial score (nSPS) is 10.8. The number of imidazole rings is 2. The van der Waals surface area contributed by atoms with Gasteiger partial charge in [0.1, 0.15) is 23.7 Å². The number of alkyl halides is 2. The number of aromatic nitrogens is 4. The van der Waals surface area contributed by atoms with Crippen molar-refractivity contribution in [2.24, 2.45) is 0 Å². The van der Waals surface area contributed by atoms with Gasteiger partial charge in [0.2, 0.25) is 0 Å². The predicted octanol–water partition coefficient (Wildman–Crippen LogP) is 7.21. The van der Waals surface area contributed by atoms with Crippen LogP contribution in [0.1, 0.15) is 6.42 Å². The van der Waals surface area contributed by atoms with Gasteiger partial charge in [0.25, 0.3) is 0 Å². The molecule has 0 amide bonds. The molecule has 6 aromatic rings. The molecule has 8 nitrogen and oxygen atoms in total. The maximum absolute atomic E-state index is 12.1. The van der Waals surface area contributed by atoms with Crippen LogP contribution in [0.5, 0.6) is 5.75 Å². The van der Waals surface area contributed by atoms with Gasteiger partial charge in [0.05, 0.1) is 25.2 Å². The molecule has 0 saturated carbocycles. The Morgan fingerprint density at radius 2 is 1.23 bits per heavy atom. The highest BCUT2D eigenvalue weighted by Gasteiger charge is 2.07. The van der Waals surface area contributed by atoms with Gasteiger partial charge in [-0.3, -0.25) is 4.39 Å². The zero-order chi connectivity index (χ0) is 30.0. The van der Waals surface area contributed by atoms with Crippen molar-refractivity contribution < 1.29 is 13.5 Å². The standard InChI is InChI=1S/C17H18FN3O.C16H17FN4/c1-22-15-5-3-13(4-6-15)16-12-21-10-7-14(11-17(21)20-16)19-9-2-8-18;1-18-14-6-9-21-11-15(20-16(21)10-14)12-2-4-13(5-3-12)19-8-7-17/h3-7,10-12,19H,2,8-9H2,1H3;2-6,9-11,18-19H,7-8H2,1H3. The van der Waals surface area contributed by atoms with Gasteiger partial charge in [-0.2, -0.15) is 0 Å². The van der Waals surface area contributed by atoms with E-state index in [1.165, 1.54) is 0 Å². The monoisotopic (exact) mass is 583 g/mol. The van der Waals surface area contributed by atoms with Crippen LogP contribution in [0.2, 0.25) is 0 Å². The minimum absolute atomic E-state index is 0.305. The van der Waals surface area contributed by atoms with E-state index in [-0.39, 0.29) is 13.3 Å². The van der Waals surface area contributed by atoms with Crippen molar-refractivity contribution in [1.82, 2.24) is 18.8 Å². The Hall–Kier alpha value is -5.12. The van der Waals surface area contributed by atoms with Crippen molar-refractivity contribution >= 4 is 28.4 Å². The van der Waals surface area contributed by atoms with Gasteiger partial charge >= 0.3 is 0 Å². The highest BCUT2D eigenvalue weighted by Crippen LogP contribution is 2.24. The number of hydrogen-bond acceptors (Lipinski definition) is 6. The fourth-order valence-corrected chi connectivity index (χ4v) is 4.52. The fraction of sp³-hybridized carbons (Fsp3) is 0.212. The van der Waals surface area contributed by atoms with Crippen LogP contribution in [-0.4, -0.2) is 59.4 Å². The van der Waals surface area contributed by atoms with E-state index in [0.717, 1.165) is 56.6 Å². The summed E-state index contributed by atoms with van der Waals surface area (Å²) >= 11 is 0. The Bertz CT molecular complexity index is 1750. The van der Waals surface area contributed by atoms with Crippen LogP contribution in [0.4, 0.5) is 25.8 Å². The van der Waals surface area contributed by atoms with Gasteiger partial charge in [0, 0.05) is 85.2 Å². The van der Waals surface area contributed by atoms with E-state index in [1.807, 2.05) is 113 Å². The first kappa shape index (κ1) is 29.4. The van der Waals surface area contributed by atoms with Crippen LogP contribution in [0.3, 0.4) is 0 Å². The van der Waals surface area contributed by atoms with Gasteiger partial charge in [-0.05, 0) is 55.0 Å². The second-order valence-electron chi connectivity index (χ2n) is 9.75. The minimum atomic E-state index is -0.373. The van der Waals surface area contributed by atoms with Crippen LogP contribution in [0.25, 0.3) is 33.8 Å². The molecule has 0 saturated heterocycles. The zero-order valence-corrected chi connectivity index (χ0v) is 24.2. The molecule has 0 aliphatic heterocycles. The summed E-state index contributed by atoms with van der Waals surface area (Å²) in [5.41, 5.74) is 8.55. The number of benzene rings is 2. The predicted molar refractivity (Wildman–Crippen MR) is 171 cm³/mol. The molecular formula is C33H35F2N7O. The number of methoxy groups -OCH3 is 1. The zero-order valence-electron chi connectivity index (χ0n) is 24.2. The summed E-state index contributed by atoms with van der Waals surface area (Å²) in [6.45, 7) is 0.279. The smallest absolute Gasteiger partial charge is 0.139 e. The van der Waals surface area contributed by atoms with E-state index in [1.54, 1.807) is 7.11 Å². The molecule has 10 heteroatoms. The van der Waals surface area contributed by atoms with Gasteiger partial charge in [-0.1, -0.05) is 12.1 Å². The van der Waals surface area contributed by atoms with E-state index < -0.39 is 0 Å². The third kappa shape index (κ3) is 7.40. The van der Waals surface area contributed by atoms with E-state index >= 15 is 0 Å². The molecule has 0 bridgehead atoms. The highest BCUT2D eigenvalue weighted by atomic mass is 19.1. The molecular weight excluding hydrogens is 548 g/mol. The number of hydrogen-bond donors (Lipinski definition) is 3. The average molecular weight is 584 g/mol. The molecule has 4 aromatic heterocycles. The lowest BCUT2D eigenvalue weighted by molar-refractivity contribution is 0.415. The number of halogens is 2. The van der Waals surface area contributed by atoms with Crippen molar-refractivity contribution in [3.05, 3.63) is 97.6 Å². The van der Waals surface area contributed by atoms with Gasteiger partial charge in [-0.15, -0.1) is 0 Å². The minimum Gasteiger partial charge on any atom is -0.497 e. The van der Waals surface area contributed by atoms with Crippen molar-refractivity contribution in [3.63, 3.8) is 0 Å². The number of fused-ring (bicyclic) bond motifs is 2. The first-order valence-electron chi connectivity index (χ1n) is 14.1. The maximum Gasteiger partial charge on any atom is 0.139 e. The summed E-state index contributed by atoms with van der Waals surface area (Å²) < 4.78 is 33.4.